The summed E-state index contributed by atoms with van der Waals surface area (Å²) in [6, 6.07) is 8.46. The van der Waals surface area contributed by atoms with E-state index in [-0.39, 0.29) is 5.54 Å². The lowest BCUT2D eigenvalue weighted by Crippen LogP contribution is -2.54. The number of hydrogen-bond acceptors (Lipinski definition) is 4. The lowest BCUT2D eigenvalue weighted by atomic mass is 9.98. The molecule has 1 aromatic rings. The highest BCUT2D eigenvalue weighted by molar-refractivity contribution is 5.79. The van der Waals surface area contributed by atoms with E-state index in [9.17, 15) is 0 Å². The number of likely N-dealkylation sites (tertiary alicyclic amines) is 1. The predicted octanol–water partition coefficient (Wildman–Crippen LogP) is 2.67. The van der Waals surface area contributed by atoms with E-state index in [1.807, 2.05) is 7.05 Å². The number of anilines is 1. The predicted molar refractivity (Wildman–Crippen MR) is 115 cm³/mol. The zero-order valence-electron chi connectivity index (χ0n) is 17.5. The second-order valence-corrected chi connectivity index (χ2v) is 7.76. The summed E-state index contributed by atoms with van der Waals surface area (Å²) < 4.78 is 5.05. The molecule has 0 spiro atoms. The van der Waals surface area contributed by atoms with Gasteiger partial charge in [0.2, 0.25) is 0 Å². The standard InChI is InChI=1S/C21H37N5O/c1-21(2,26-13-6-5-7-14-26)17-25-20(22-3)24-16-18-8-10-19(11-9-18)23-12-15-27-4/h8-11,23H,5-7,12-17H2,1-4H3,(H2,22,24,25). The molecule has 152 valence electrons. The Labute approximate surface area is 164 Å². The fourth-order valence-corrected chi connectivity index (χ4v) is 3.36. The molecule has 1 aromatic carbocycles. The third kappa shape index (κ3) is 7.39. The van der Waals surface area contributed by atoms with Crippen molar-refractivity contribution in [1.29, 1.82) is 0 Å². The van der Waals surface area contributed by atoms with Gasteiger partial charge < -0.3 is 20.7 Å². The molecule has 1 saturated heterocycles. The summed E-state index contributed by atoms with van der Waals surface area (Å²) in [5.41, 5.74) is 2.47. The van der Waals surface area contributed by atoms with Crippen LogP contribution >= 0.6 is 0 Å². The zero-order valence-corrected chi connectivity index (χ0v) is 17.5. The van der Waals surface area contributed by atoms with Gasteiger partial charge in [0.25, 0.3) is 0 Å². The van der Waals surface area contributed by atoms with Gasteiger partial charge >= 0.3 is 0 Å². The molecule has 0 saturated carbocycles. The minimum atomic E-state index is 0.133. The van der Waals surface area contributed by atoms with Crippen LogP contribution in [0, 0.1) is 0 Å². The molecule has 0 atom stereocenters. The van der Waals surface area contributed by atoms with Crippen LogP contribution in [0.2, 0.25) is 0 Å². The first-order valence-electron chi connectivity index (χ1n) is 10.1. The smallest absolute Gasteiger partial charge is 0.191 e. The first-order valence-corrected chi connectivity index (χ1v) is 10.1. The van der Waals surface area contributed by atoms with E-state index in [1.54, 1.807) is 7.11 Å². The number of ether oxygens (including phenoxy) is 1. The van der Waals surface area contributed by atoms with Crippen molar-refractivity contribution in [2.45, 2.75) is 45.2 Å². The van der Waals surface area contributed by atoms with Crippen molar-refractivity contribution in [2.75, 3.05) is 52.3 Å². The van der Waals surface area contributed by atoms with Gasteiger partial charge in [0.1, 0.15) is 0 Å². The molecule has 0 amide bonds. The molecule has 1 heterocycles. The van der Waals surface area contributed by atoms with Gasteiger partial charge in [-0.3, -0.25) is 9.89 Å². The van der Waals surface area contributed by atoms with Crippen LogP contribution in [0.15, 0.2) is 29.3 Å². The second-order valence-electron chi connectivity index (χ2n) is 7.76. The van der Waals surface area contributed by atoms with E-state index >= 15 is 0 Å². The van der Waals surface area contributed by atoms with E-state index in [0.717, 1.165) is 31.3 Å². The SMILES string of the molecule is CN=C(NCc1ccc(NCCOC)cc1)NCC(C)(C)N1CCCCC1. The Hall–Kier alpha value is -1.79. The van der Waals surface area contributed by atoms with Crippen molar-refractivity contribution < 1.29 is 4.74 Å². The topological polar surface area (TPSA) is 60.9 Å². The van der Waals surface area contributed by atoms with E-state index < -0.39 is 0 Å². The Morgan fingerprint density at radius 2 is 1.81 bits per heavy atom. The molecule has 6 heteroatoms. The van der Waals surface area contributed by atoms with Gasteiger partial charge in [-0.1, -0.05) is 18.6 Å². The van der Waals surface area contributed by atoms with Gasteiger partial charge in [-0.15, -0.1) is 0 Å². The fourth-order valence-electron chi connectivity index (χ4n) is 3.36. The quantitative estimate of drug-likeness (QED) is 0.352. The van der Waals surface area contributed by atoms with Gasteiger partial charge in [-0.2, -0.15) is 0 Å². The Morgan fingerprint density at radius 1 is 1.11 bits per heavy atom. The number of piperidine rings is 1. The lowest BCUT2D eigenvalue weighted by Gasteiger charge is -2.41. The Kier molecular flexibility index (Phi) is 8.88. The largest absolute Gasteiger partial charge is 0.383 e. The van der Waals surface area contributed by atoms with Crippen molar-refractivity contribution in [1.82, 2.24) is 15.5 Å². The Bertz CT molecular complexity index is 564. The molecule has 0 bridgehead atoms. The van der Waals surface area contributed by atoms with Crippen LogP contribution in [-0.4, -0.2) is 63.3 Å². The van der Waals surface area contributed by atoms with Crippen LogP contribution in [-0.2, 0) is 11.3 Å². The molecule has 0 radical (unpaired) electrons. The van der Waals surface area contributed by atoms with E-state index in [0.29, 0.717) is 6.61 Å². The van der Waals surface area contributed by atoms with Gasteiger partial charge in [0.15, 0.2) is 5.96 Å². The summed E-state index contributed by atoms with van der Waals surface area (Å²) in [7, 11) is 3.54. The molecule has 27 heavy (non-hydrogen) atoms. The molecule has 3 N–H and O–H groups in total. The zero-order chi connectivity index (χ0) is 19.5. The third-order valence-electron chi connectivity index (χ3n) is 5.17. The highest BCUT2D eigenvalue weighted by Crippen LogP contribution is 2.19. The molecule has 6 nitrogen and oxygen atoms in total. The number of methoxy groups -OCH3 is 1. The van der Waals surface area contributed by atoms with Crippen molar-refractivity contribution in [3.05, 3.63) is 29.8 Å². The molecule has 0 aromatic heterocycles. The minimum Gasteiger partial charge on any atom is -0.383 e. The summed E-state index contributed by atoms with van der Waals surface area (Å²) in [6.07, 6.45) is 3.99. The number of nitrogens with zero attached hydrogens (tertiary/aromatic N) is 2. The van der Waals surface area contributed by atoms with Crippen LogP contribution in [0.3, 0.4) is 0 Å². The highest BCUT2D eigenvalue weighted by Gasteiger charge is 2.27. The monoisotopic (exact) mass is 375 g/mol. The summed E-state index contributed by atoms with van der Waals surface area (Å²) in [5, 5.41) is 10.2. The van der Waals surface area contributed by atoms with Gasteiger partial charge in [-0.05, 0) is 57.5 Å². The molecule has 1 fully saturated rings. The number of aliphatic imine (C=N–C) groups is 1. The summed E-state index contributed by atoms with van der Waals surface area (Å²) >= 11 is 0. The number of benzene rings is 1. The molecule has 0 unspecified atom stereocenters. The molecule has 0 aliphatic carbocycles. The maximum absolute atomic E-state index is 5.05. The maximum atomic E-state index is 5.05. The summed E-state index contributed by atoms with van der Waals surface area (Å²) in [4.78, 5) is 6.96. The number of nitrogens with one attached hydrogen (secondary N) is 3. The van der Waals surface area contributed by atoms with E-state index in [1.165, 1.54) is 37.9 Å². The average molecular weight is 376 g/mol. The molecular formula is C21H37N5O. The van der Waals surface area contributed by atoms with E-state index in [4.69, 9.17) is 4.74 Å². The first-order chi connectivity index (χ1) is 13.0. The summed E-state index contributed by atoms with van der Waals surface area (Å²) in [6.45, 7) is 10.2. The van der Waals surface area contributed by atoms with Crippen molar-refractivity contribution >= 4 is 11.6 Å². The van der Waals surface area contributed by atoms with Crippen LogP contribution in [0.1, 0.15) is 38.7 Å². The van der Waals surface area contributed by atoms with E-state index in [2.05, 4.69) is 64.0 Å². The first kappa shape index (κ1) is 21.5. The third-order valence-corrected chi connectivity index (χ3v) is 5.17. The molecule has 1 aliphatic rings. The molecular weight excluding hydrogens is 338 g/mol. The van der Waals surface area contributed by atoms with Gasteiger partial charge in [0, 0.05) is 45.0 Å². The normalized spacial score (nSPS) is 16.2. The number of guanidine groups is 1. The Balaban J connectivity index is 1.76. The van der Waals surface area contributed by atoms with Gasteiger partial charge in [-0.25, -0.2) is 0 Å². The molecule has 2 rings (SSSR count). The van der Waals surface area contributed by atoms with Crippen molar-refractivity contribution in [3.8, 4) is 0 Å². The van der Waals surface area contributed by atoms with Crippen LogP contribution < -0.4 is 16.0 Å². The average Bonchev–Trinajstić information content (AvgIpc) is 2.70. The maximum Gasteiger partial charge on any atom is 0.191 e. The fraction of sp³-hybridized carbons (Fsp3) is 0.667. The van der Waals surface area contributed by atoms with Crippen LogP contribution in [0.4, 0.5) is 5.69 Å². The second kappa shape index (κ2) is 11.1. The van der Waals surface area contributed by atoms with Gasteiger partial charge in [0.05, 0.1) is 6.61 Å². The highest BCUT2D eigenvalue weighted by atomic mass is 16.5. The number of hydrogen-bond donors (Lipinski definition) is 3. The number of rotatable bonds is 9. The summed E-state index contributed by atoms with van der Waals surface area (Å²) in [5.74, 6) is 0.849. The van der Waals surface area contributed by atoms with Crippen LogP contribution in [0.5, 0.6) is 0 Å². The Morgan fingerprint density at radius 3 is 2.44 bits per heavy atom. The van der Waals surface area contributed by atoms with Crippen LogP contribution in [0.25, 0.3) is 0 Å². The minimum absolute atomic E-state index is 0.133. The van der Waals surface area contributed by atoms with Crippen molar-refractivity contribution in [2.24, 2.45) is 4.99 Å². The van der Waals surface area contributed by atoms with Crippen molar-refractivity contribution in [3.63, 3.8) is 0 Å². The lowest BCUT2D eigenvalue weighted by molar-refractivity contribution is 0.0982. The molecule has 1 aliphatic heterocycles.